The summed E-state index contributed by atoms with van der Waals surface area (Å²) >= 11 is 0. The minimum Gasteiger partial charge on any atom is -0.377 e. The molecule has 1 saturated heterocycles. The summed E-state index contributed by atoms with van der Waals surface area (Å²) in [6.45, 7) is 2.14. The van der Waals surface area contributed by atoms with E-state index in [-0.39, 0.29) is 0 Å². The van der Waals surface area contributed by atoms with Crippen molar-refractivity contribution in [1.82, 2.24) is 15.0 Å². The lowest BCUT2D eigenvalue weighted by molar-refractivity contribution is -0.0293. The fraction of sp³-hybridized carbons (Fsp3) is 0.714. The number of hydrogen-bond donors (Lipinski definition) is 1. The third-order valence-electron chi connectivity index (χ3n) is 1.95. The molecular formula is C7H12N4O. The van der Waals surface area contributed by atoms with Gasteiger partial charge in [0.15, 0.2) is 0 Å². The molecule has 2 heterocycles. The van der Waals surface area contributed by atoms with Crippen molar-refractivity contribution in [2.24, 2.45) is 5.73 Å². The van der Waals surface area contributed by atoms with Crippen molar-refractivity contribution >= 4 is 0 Å². The van der Waals surface area contributed by atoms with E-state index in [2.05, 4.69) is 10.3 Å². The monoisotopic (exact) mass is 168 g/mol. The lowest BCUT2D eigenvalue weighted by Crippen LogP contribution is -2.30. The first kappa shape index (κ1) is 7.70. The predicted octanol–water partition coefficient (Wildman–Crippen LogP) is -0.649. The summed E-state index contributed by atoms with van der Waals surface area (Å²) in [5.74, 6) is 0. The summed E-state index contributed by atoms with van der Waals surface area (Å²) < 4.78 is 6.90. The number of ether oxygens (including phenoxy) is 1. The molecule has 0 amide bonds. The number of nitrogens with two attached hydrogens (primary N) is 1. The van der Waals surface area contributed by atoms with Gasteiger partial charge in [0.2, 0.25) is 0 Å². The molecule has 1 aliphatic rings. The number of nitrogens with zero attached hydrogens (tertiary/aromatic N) is 3. The quantitative estimate of drug-likeness (QED) is 0.651. The Bertz CT molecular complexity index is 256. The summed E-state index contributed by atoms with van der Waals surface area (Å²) in [6.07, 6.45) is 2.74. The van der Waals surface area contributed by atoms with Crippen molar-refractivity contribution in [2.45, 2.75) is 12.5 Å². The minimum absolute atomic E-state index is 0.393. The molecule has 5 heteroatoms. The molecule has 5 nitrogen and oxygen atoms in total. The van der Waals surface area contributed by atoms with E-state index in [4.69, 9.17) is 10.5 Å². The summed E-state index contributed by atoms with van der Waals surface area (Å²) in [7, 11) is 0. The molecule has 0 aromatic carbocycles. The molecule has 0 unspecified atom stereocenters. The van der Waals surface area contributed by atoms with Gasteiger partial charge in [-0.05, 0) is 6.54 Å². The second-order valence-electron chi connectivity index (χ2n) is 2.92. The molecule has 0 aliphatic carbocycles. The lowest BCUT2D eigenvalue weighted by atomic mass is 10.2. The van der Waals surface area contributed by atoms with E-state index in [1.807, 2.05) is 10.9 Å². The molecule has 1 aliphatic heterocycles. The SMILES string of the molecule is NCCc1cn(C2COC2)nn1. The zero-order valence-corrected chi connectivity index (χ0v) is 6.81. The van der Waals surface area contributed by atoms with Crippen LogP contribution in [-0.2, 0) is 11.2 Å². The largest absolute Gasteiger partial charge is 0.377 e. The molecule has 1 aromatic heterocycles. The molecule has 0 atom stereocenters. The second kappa shape index (κ2) is 3.20. The van der Waals surface area contributed by atoms with Crippen LogP contribution < -0.4 is 5.73 Å². The van der Waals surface area contributed by atoms with Crippen LogP contribution in [0.25, 0.3) is 0 Å². The van der Waals surface area contributed by atoms with Crippen LogP contribution in [0, 0.1) is 0 Å². The summed E-state index contributed by atoms with van der Waals surface area (Å²) in [4.78, 5) is 0. The van der Waals surface area contributed by atoms with Crippen molar-refractivity contribution in [3.8, 4) is 0 Å². The second-order valence-corrected chi connectivity index (χ2v) is 2.92. The molecule has 12 heavy (non-hydrogen) atoms. The van der Waals surface area contributed by atoms with E-state index in [1.54, 1.807) is 0 Å². The third kappa shape index (κ3) is 1.33. The zero-order valence-electron chi connectivity index (χ0n) is 6.81. The number of rotatable bonds is 3. The Hall–Kier alpha value is -0.940. The van der Waals surface area contributed by atoms with Crippen molar-refractivity contribution in [3.05, 3.63) is 11.9 Å². The van der Waals surface area contributed by atoms with Crippen LogP contribution in [0.3, 0.4) is 0 Å². The lowest BCUT2D eigenvalue weighted by Gasteiger charge is -2.25. The van der Waals surface area contributed by atoms with Gasteiger partial charge in [0.25, 0.3) is 0 Å². The Morgan fingerprint density at radius 3 is 3.08 bits per heavy atom. The molecule has 0 bridgehead atoms. The van der Waals surface area contributed by atoms with Gasteiger partial charge in [0.1, 0.15) is 6.04 Å². The molecule has 0 radical (unpaired) electrons. The van der Waals surface area contributed by atoms with Crippen LogP contribution in [0.4, 0.5) is 0 Å². The van der Waals surface area contributed by atoms with Crippen LogP contribution in [-0.4, -0.2) is 34.8 Å². The normalized spacial score (nSPS) is 17.8. The first-order chi connectivity index (χ1) is 5.90. The van der Waals surface area contributed by atoms with E-state index in [1.165, 1.54) is 0 Å². The standard InChI is InChI=1S/C7H12N4O/c8-2-1-6-3-11(10-9-6)7-4-12-5-7/h3,7H,1-2,4-5,8H2. The van der Waals surface area contributed by atoms with Gasteiger partial charge in [-0.25, -0.2) is 4.68 Å². The van der Waals surface area contributed by atoms with Gasteiger partial charge in [0, 0.05) is 12.6 Å². The van der Waals surface area contributed by atoms with Crippen LogP contribution in [0.1, 0.15) is 11.7 Å². The van der Waals surface area contributed by atoms with E-state index < -0.39 is 0 Å². The molecule has 0 spiro atoms. The molecule has 1 fully saturated rings. The Balaban J connectivity index is 2.02. The molecular weight excluding hydrogens is 156 g/mol. The van der Waals surface area contributed by atoms with Crippen molar-refractivity contribution in [2.75, 3.05) is 19.8 Å². The van der Waals surface area contributed by atoms with Crippen molar-refractivity contribution < 1.29 is 4.74 Å². The highest BCUT2D eigenvalue weighted by Crippen LogP contribution is 2.15. The molecule has 1 aromatic rings. The Morgan fingerprint density at radius 1 is 1.67 bits per heavy atom. The molecule has 66 valence electrons. The van der Waals surface area contributed by atoms with Gasteiger partial charge in [-0.3, -0.25) is 0 Å². The Kier molecular flexibility index (Phi) is 2.05. The smallest absolute Gasteiger partial charge is 0.100 e. The van der Waals surface area contributed by atoms with Crippen molar-refractivity contribution in [1.29, 1.82) is 0 Å². The van der Waals surface area contributed by atoms with Gasteiger partial charge < -0.3 is 10.5 Å². The fourth-order valence-corrected chi connectivity index (χ4v) is 1.13. The highest BCUT2D eigenvalue weighted by Gasteiger charge is 2.21. The summed E-state index contributed by atoms with van der Waals surface area (Å²) in [6, 6.07) is 0.393. The Labute approximate surface area is 70.5 Å². The molecule has 2 N–H and O–H groups in total. The zero-order chi connectivity index (χ0) is 8.39. The van der Waals surface area contributed by atoms with Crippen LogP contribution >= 0.6 is 0 Å². The van der Waals surface area contributed by atoms with E-state index in [9.17, 15) is 0 Å². The summed E-state index contributed by atoms with van der Waals surface area (Å²) in [5, 5.41) is 7.97. The van der Waals surface area contributed by atoms with Crippen LogP contribution in [0.5, 0.6) is 0 Å². The highest BCUT2D eigenvalue weighted by molar-refractivity contribution is 4.94. The van der Waals surface area contributed by atoms with Gasteiger partial charge in [0.05, 0.1) is 18.9 Å². The van der Waals surface area contributed by atoms with Gasteiger partial charge in [-0.1, -0.05) is 5.21 Å². The molecule has 0 saturated carbocycles. The molecule has 2 rings (SSSR count). The van der Waals surface area contributed by atoms with Crippen LogP contribution in [0.15, 0.2) is 6.20 Å². The number of hydrogen-bond acceptors (Lipinski definition) is 4. The van der Waals surface area contributed by atoms with Gasteiger partial charge in [-0.15, -0.1) is 5.10 Å². The van der Waals surface area contributed by atoms with E-state index in [0.717, 1.165) is 25.3 Å². The van der Waals surface area contributed by atoms with Gasteiger partial charge >= 0.3 is 0 Å². The topological polar surface area (TPSA) is 66.0 Å². The maximum absolute atomic E-state index is 5.39. The predicted molar refractivity (Wildman–Crippen MR) is 42.6 cm³/mol. The van der Waals surface area contributed by atoms with Crippen LogP contribution in [0.2, 0.25) is 0 Å². The number of aromatic nitrogens is 3. The Morgan fingerprint density at radius 2 is 2.50 bits per heavy atom. The maximum Gasteiger partial charge on any atom is 0.100 e. The van der Waals surface area contributed by atoms with Gasteiger partial charge in [-0.2, -0.15) is 0 Å². The minimum atomic E-state index is 0.393. The van der Waals surface area contributed by atoms with Crippen molar-refractivity contribution in [3.63, 3.8) is 0 Å². The average molecular weight is 168 g/mol. The maximum atomic E-state index is 5.39. The first-order valence-electron chi connectivity index (χ1n) is 4.08. The van der Waals surface area contributed by atoms with E-state index >= 15 is 0 Å². The highest BCUT2D eigenvalue weighted by atomic mass is 16.5. The summed E-state index contributed by atoms with van der Waals surface area (Å²) in [5.41, 5.74) is 6.35. The fourth-order valence-electron chi connectivity index (χ4n) is 1.13. The first-order valence-corrected chi connectivity index (χ1v) is 4.08. The third-order valence-corrected chi connectivity index (χ3v) is 1.95. The average Bonchev–Trinajstić information content (AvgIpc) is 2.34. The van der Waals surface area contributed by atoms with E-state index in [0.29, 0.717) is 12.6 Å².